The van der Waals surface area contributed by atoms with Crippen LogP contribution in [0.3, 0.4) is 0 Å². The van der Waals surface area contributed by atoms with Gasteiger partial charge in [-0.15, -0.1) is 0 Å². The summed E-state index contributed by atoms with van der Waals surface area (Å²) in [6.07, 6.45) is 0.730. The molecule has 5 nitrogen and oxygen atoms in total. The van der Waals surface area contributed by atoms with Gasteiger partial charge in [-0.05, 0) is 55.8 Å². The van der Waals surface area contributed by atoms with Gasteiger partial charge >= 0.3 is 0 Å². The lowest BCUT2D eigenvalue weighted by Crippen LogP contribution is -2.18. The van der Waals surface area contributed by atoms with E-state index in [2.05, 4.69) is 6.92 Å². The van der Waals surface area contributed by atoms with Crippen molar-refractivity contribution in [2.24, 2.45) is 4.99 Å². The summed E-state index contributed by atoms with van der Waals surface area (Å²) in [5, 5.41) is 23.7. The molecule has 0 saturated carbocycles. The van der Waals surface area contributed by atoms with Crippen molar-refractivity contribution in [2.45, 2.75) is 33.2 Å². The van der Waals surface area contributed by atoms with Gasteiger partial charge in [-0.2, -0.15) is 0 Å². The van der Waals surface area contributed by atoms with Gasteiger partial charge in [0.2, 0.25) is 0 Å². The largest absolute Gasteiger partial charge is 0.507 e. The Balaban J connectivity index is 2.11. The maximum atomic E-state index is 11.3. The second-order valence-electron chi connectivity index (χ2n) is 7.58. The van der Waals surface area contributed by atoms with Crippen LogP contribution in [0.4, 0.5) is 0 Å². The fourth-order valence-electron chi connectivity index (χ4n) is 4.48. The molecule has 4 rings (SSSR count). The van der Waals surface area contributed by atoms with Gasteiger partial charge < -0.3 is 19.7 Å². The van der Waals surface area contributed by atoms with E-state index in [0.29, 0.717) is 28.0 Å². The van der Waals surface area contributed by atoms with E-state index < -0.39 is 0 Å². The second kappa shape index (κ2) is 6.99. The molecule has 0 radical (unpaired) electrons. The first-order valence-electron chi connectivity index (χ1n) is 9.64. The Hall–Kier alpha value is -3.21. The zero-order valence-corrected chi connectivity index (χ0v) is 17.3. The van der Waals surface area contributed by atoms with Crippen molar-refractivity contribution in [3.8, 4) is 34.1 Å². The number of hydrogen-bond acceptors (Lipinski definition) is 5. The number of aliphatic imine (C=N–C) groups is 1. The number of aryl methyl sites for hydroxylation is 1. The van der Waals surface area contributed by atoms with E-state index >= 15 is 0 Å². The normalized spacial score (nSPS) is 15.8. The lowest BCUT2D eigenvalue weighted by molar-refractivity contribution is 0.406. The van der Waals surface area contributed by atoms with Crippen LogP contribution in [-0.2, 0) is 6.42 Å². The van der Waals surface area contributed by atoms with E-state index in [-0.39, 0.29) is 17.5 Å². The smallest absolute Gasteiger partial charge is 0.139 e. The van der Waals surface area contributed by atoms with Crippen molar-refractivity contribution >= 4 is 16.5 Å². The third-order valence-corrected chi connectivity index (χ3v) is 5.61. The van der Waals surface area contributed by atoms with Gasteiger partial charge in [-0.1, -0.05) is 18.2 Å². The van der Waals surface area contributed by atoms with E-state index in [4.69, 9.17) is 14.5 Å². The van der Waals surface area contributed by atoms with Crippen molar-refractivity contribution in [3.05, 3.63) is 47.0 Å². The van der Waals surface area contributed by atoms with Gasteiger partial charge in [0, 0.05) is 16.8 Å². The van der Waals surface area contributed by atoms with E-state index in [1.807, 2.05) is 38.1 Å². The SMILES string of the molecule is COc1c2c(cc(O)c1-c1c(C)cc3cccc(OC)c3c1O)C[C@H](C)N=C2C. The molecule has 0 saturated heterocycles. The standard InChI is InChI=1S/C24H25NO4/c1-12-9-15-7-6-8-18(28-4)21(15)23(27)19(12)22-17(26)11-16-10-13(2)25-14(3)20(16)24(22)29-5/h6-9,11,13,26-27H,10H2,1-5H3/t13-/m0/s1. The fraction of sp³-hybridized carbons (Fsp3) is 0.292. The molecule has 3 aromatic rings. The lowest BCUT2D eigenvalue weighted by Gasteiger charge is -2.25. The second-order valence-corrected chi connectivity index (χ2v) is 7.58. The summed E-state index contributed by atoms with van der Waals surface area (Å²) in [7, 11) is 3.16. The molecule has 1 aliphatic heterocycles. The molecule has 0 amide bonds. The number of methoxy groups -OCH3 is 2. The summed E-state index contributed by atoms with van der Waals surface area (Å²) in [4.78, 5) is 4.69. The van der Waals surface area contributed by atoms with E-state index in [0.717, 1.165) is 34.2 Å². The van der Waals surface area contributed by atoms with Crippen LogP contribution in [0, 0.1) is 6.92 Å². The van der Waals surface area contributed by atoms with E-state index in [1.165, 1.54) is 0 Å². The summed E-state index contributed by atoms with van der Waals surface area (Å²) < 4.78 is 11.3. The summed E-state index contributed by atoms with van der Waals surface area (Å²) >= 11 is 0. The molecule has 1 atom stereocenters. The summed E-state index contributed by atoms with van der Waals surface area (Å²) in [6, 6.07) is 9.52. The average molecular weight is 391 g/mol. The number of phenols is 2. The molecule has 3 aromatic carbocycles. The minimum Gasteiger partial charge on any atom is -0.507 e. The molecule has 0 fully saturated rings. The molecule has 1 aliphatic rings. The summed E-state index contributed by atoms with van der Waals surface area (Å²) in [5.74, 6) is 1.24. The van der Waals surface area contributed by atoms with Gasteiger partial charge in [0.15, 0.2) is 0 Å². The predicted molar refractivity (Wildman–Crippen MR) is 116 cm³/mol. The number of hydrogen-bond donors (Lipinski definition) is 2. The zero-order chi connectivity index (χ0) is 20.9. The van der Waals surface area contributed by atoms with Crippen LogP contribution < -0.4 is 9.47 Å². The molecule has 150 valence electrons. The predicted octanol–water partition coefficient (Wildman–Crippen LogP) is 5.00. The molecule has 0 aromatic heterocycles. The molecule has 0 bridgehead atoms. The first-order valence-corrected chi connectivity index (χ1v) is 9.64. The molecule has 0 unspecified atom stereocenters. The number of nitrogens with zero attached hydrogens (tertiary/aromatic N) is 1. The highest BCUT2D eigenvalue weighted by Gasteiger charge is 2.28. The Bertz CT molecular complexity index is 1160. The summed E-state index contributed by atoms with van der Waals surface area (Å²) in [6.45, 7) is 5.92. The highest BCUT2D eigenvalue weighted by Crippen LogP contribution is 2.51. The van der Waals surface area contributed by atoms with Crippen LogP contribution >= 0.6 is 0 Å². The third kappa shape index (κ3) is 2.89. The highest BCUT2D eigenvalue weighted by atomic mass is 16.5. The van der Waals surface area contributed by atoms with Crippen LogP contribution in [-0.4, -0.2) is 36.2 Å². The van der Waals surface area contributed by atoms with Gasteiger partial charge in [0.1, 0.15) is 23.0 Å². The quantitative estimate of drug-likeness (QED) is 0.659. The molecule has 2 N–H and O–H groups in total. The maximum Gasteiger partial charge on any atom is 0.139 e. The Morgan fingerprint density at radius 1 is 1.00 bits per heavy atom. The Morgan fingerprint density at radius 3 is 2.45 bits per heavy atom. The first-order chi connectivity index (χ1) is 13.9. The van der Waals surface area contributed by atoms with Crippen LogP contribution in [0.15, 0.2) is 35.3 Å². The Kier molecular flexibility index (Phi) is 4.61. The van der Waals surface area contributed by atoms with Gasteiger partial charge in [-0.3, -0.25) is 4.99 Å². The van der Waals surface area contributed by atoms with Gasteiger partial charge in [0.05, 0.1) is 31.2 Å². The van der Waals surface area contributed by atoms with Gasteiger partial charge in [0.25, 0.3) is 0 Å². The van der Waals surface area contributed by atoms with Crippen LogP contribution in [0.25, 0.3) is 21.9 Å². The molecule has 1 heterocycles. The molecular formula is C24H25NO4. The van der Waals surface area contributed by atoms with E-state index in [1.54, 1.807) is 20.3 Å². The monoisotopic (exact) mass is 391 g/mol. The third-order valence-electron chi connectivity index (χ3n) is 5.61. The fourth-order valence-corrected chi connectivity index (χ4v) is 4.48. The van der Waals surface area contributed by atoms with Crippen molar-refractivity contribution in [1.82, 2.24) is 0 Å². The molecule has 0 aliphatic carbocycles. The Morgan fingerprint density at radius 2 is 1.76 bits per heavy atom. The zero-order valence-electron chi connectivity index (χ0n) is 17.3. The lowest BCUT2D eigenvalue weighted by atomic mass is 9.86. The van der Waals surface area contributed by atoms with Crippen molar-refractivity contribution < 1.29 is 19.7 Å². The maximum absolute atomic E-state index is 11.3. The number of phenolic OH excluding ortho intramolecular Hbond substituents is 2. The minimum atomic E-state index is 0.0600. The number of rotatable bonds is 3. The van der Waals surface area contributed by atoms with Gasteiger partial charge in [-0.25, -0.2) is 0 Å². The Labute approximate surface area is 170 Å². The van der Waals surface area contributed by atoms with E-state index in [9.17, 15) is 10.2 Å². The van der Waals surface area contributed by atoms with Crippen LogP contribution in [0.5, 0.6) is 23.0 Å². The number of fused-ring (bicyclic) bond motifs is 2. The molecule has 5 heteroatoms. The average Bonchev–Trinajstić information content (AvgIpc) is 2.67. The van der Waals surface area contributed by atoms with Crippen LogP contribution in [0.2, 0.25) is 0 Å². The number of benzene rings is 3. The van der Waals surface area contributed by atoms with Crippen LogP contribution in [0.1, 0.15) is 30.5 Å². The molecule has 0 spiro atoms. The first kappa shape index (κ1) is 19.1. The minimum absolute atomic E-state index is 0.0600. The van der Waals surface area contributed by atoms with Crippen molar-refractivity contribution in [3.63, 3.8) is 0 Å². The topological polar surface area (TPSA) is 71.3 Å². The number of ether oxygens (including phenoxy) is 2. The van der Waals surface area contributed by atoms with Crippen molar-refractivity contribution in [1.29, 1.82) is 0 Å². The molecule has 29 heavy (non-hydrogen) atoms. The summed E-state index contributed by atoms with van der Waals surface area (Å²) in [5.41, 5.74) is 4.59. The highest BCUT2D eigenvalue weighted by molar-refractivity contribution is 6.08. The van der Waals surface area contributed by atoms with Crippen molar-refractivity contribution in [2.75, 3.05) is 14.2 Å². The molecular weight excluding hydrogens is 366 g/mol. The number of aromatic hydroxyl groups is 2.